The quantitative estimate of drug-likeness (QED) is 0.929. The summed E-state index contributed by atoms with van der Waals surface area (Å²) in [6.07, 6.45) is 2.54. The second-order valence-corrected chi connectivity index (χ2v) is 6.82. The van der Waals surface area contributed by atoms with Crippen molar-refractivity contribution in [3.8, 4) is 0 Å². The first-order valence-electron chi connectivity index (χ1n) is 7.86. The summed E-state index contributed by atoms with van der Waals surface area (Å²) in [7, 11) is 0. The van der Waals surface area contributed by atoms with Gasteiger partial charge in [-0.25, -0.2) is 0 Å². The minimum absolute atomic E-state index is 0.0417. The zero-order chi connectivity index (χ0) is 15.7. The van der Waals surface area contributed by atoms with Gasteiger partial charge in [0.05, 0.1) is 30.8 Å². The van der Waals surface area contributed by atoms with Crippen molar-refractivity contribution in [2.75, 3.05) is 19.8 Å². The molecule has 22 heavy (non-hydrogen) atoms. The molecule has 1 amide bonds. The summed E-state index contributed by atoms with van der Waals surface area (Å²) in [4.78, 5) is 15.1. The summed E-state index contributed by atoms with van der Waals surface area (Å²) in [5, 5.41) is 10.0. The van der Waals surface area contributed by atoms with Crippen LogP contribution in [0.15, 0.2) is 24.3 Å². The molecule has 0 bridgehead atoms. The van der Waals surface area contributed by atoms with E-state index < -0.39 is 5.41 Å². The molecule has 120 valence electrons. The van der Waals surface area contributed by atoms with Crippen LogP contribution in [0.2, 0.25) is 5.02 Å². The van der Waals surface area contributed by atoms with Crippen LogP contribution in [0, 0.1) is 0 Å². The fourth-order valence-corrected chi connectivity index (χ4v) is 3.54. The molecule has 2 unspecified atom stereocenters. The summed E-state index contributed by atoms with van der Waals surface area (Å²) >= 11 is 5.97. The van der Waals surface area contributed by atoms with E-state index in [2.05, 4.69) is 0 Å². The Morgan fingerprint density at radius 2 is 2.09 bits per heavy atom. The number of aliphatic hydroxyl groups is 1. The number of carbonyl (C=O) groups is 1. The van der Waals surface area contributed by atoms with Gasteiger partial charge < -0.3 is 14.7 Å². The average Bonchev–Trinajstić information content (AvgIpc) is 2.48. The Hall–Kier alpha value is -1.10. The van der Waals surface area contributed by atoms with Gasteiger partial charge in [-0.15, -0.1) is 0 Å². The summed E-state index contributed by atoms with van der Waals surface area (Å²) < 4.78 is 5.54. The second-order valence-electron chi connectivity index (χ2n) is 6.39. The number of benzene rings is 1. The van der Waals surface area contributed by atoms with Crippen LogP contribution >= 0.6 is 11.6 Å². The highest BCUT2D eigenvalue weighted by atomic mass is 35.5. The highest BCUT2D eigenvalue weighted by Gasteiger charge is 2.49. The summed E-state index contributed by atoms with van der Waals surface area (Å²) in [6.45, 7) is 2.89. The van der Waals surface area contributed by atoms with Crippen LogP contribution in [0.1, 0.15) is 31.7 Å². The maximum absolute atomic E-state index is 13.2. The van der Waals surface area contributed by atoms with E-state index >= 15 is 0 Å². The molecule has 5 heteroatoms. The van der Waals surface area contributed by atoms with Gasteiger partial charge in [0, 0.05) is 11.6 Å². The largest absolute Gasteiger partial charge is 0.394 e. The van der Waals surface area contributed by atoms with Crippen molar-refractivity contribution in [3.05, 3.63) is 34.9 Å². The van der Waals surface area contributed by atoms with Gasteiger partial charge in [0.25, 0.3) is 0 Å². The van der Waals surface area contributed by atoms with Gasteiger partial charge in [0.15, 0.2) is 0 Å². The van der Waals surface area contributed by atoms with Crippen LogP contribution < -0.4 is 0 Å². The topological polar surface area (TPSA) is 49.8 Å². The Morgan fingerprint density at radius 1 is 1.41 bits per heavy atom. The summed E-state index contributed by atoms with van der Waals surface area (Å²) in [5.74, 6) is 0.162. The Balaban J connectivity index is 1.86. The van der Waals surface area contributed by atoms with Crippen molar-refractivity contribution >= 4 is 17.5 Å². The second kappa shape index (κ2) is 6.19. The van der Waals surface area contributed by atoms with Gasteiger partial charge in [-0.1, -0.05) is 30.2 Å². The number of halogens is 1. The molecular formula is C17H22ClNO3. The fraction of sp³-hybridized carbons (Fsp3) is 0.588. The lowest BCUT2D eigenvalue weighted by Crippen LogP contribution is -2.59. The van der Waals surface area contributed by atoms with E-state index in [1.807, 2.05) is 36.1 Å². The maximum Gasteiger partial charge on any atom is 0.233 e. The molecule has 3 rings (SSSR count). The Morgan fingerprint density at radius 3 is 2.64 bits per heavy atom. The highest BCUT2D eigenvalue weighted by Crippen LogP contribution is 2.46. The molecule has 1 saturated carbocycles. The van der Waals surface area contributed by atoms with E-state index in [0.29, 0.717) is 18.2 Å². The molecule has 1 aromatic rings. The number of hydrogen-bond donors (Lipinski definition) is 1. The van der Waals surface area contributed by atoms with Gasteiger partial charge in [-0.05, 0) is 37.5 Å². The van der Waals surface area contributed by atoms with Gasteiger partial charge in [0.2, 0.25) is 5.91 Å². The molecule has 0 spiro atoms. The summed E-state index contributed by atoms with van der Waals surface area (Å²) in [5.41, 5.74) is 0.628. The van der Waals surface area contributed by atoms with E-state index in [1.165, 1.54) is 0 Å². The van der Waals surface area contributed by atoms with Crippen molar-refractivity contribution in [1.29, 1.82) is 0 Å². The van der Waals surface area contributed by atoms with Crippen LogP contribution in [-0.2, 0) is 14.9 Å². The van der Waals surface area contributed by atoms with Crippen molar-refractivity contribution < 1.29 is 14.6 Å². The number of carbonyl (C=O) groups excluding carboxylic acids is 1. The van der Waals surface area contributed by atoms with Crippen molar-refractivity contribution in [1.82, 2.24) is 4.90 Å². The lowest BCUT2D eigenvalue weighted by molar-refractivity contribution is -0.155. The molecule has 2 aliphatic rings. The smallest absolute Gasteiger partial charge is 0.233 e. The van der Waals surface area contributed by atoms with E-state index in [0.717, 1.165) is 24.8 Å². The molecule has 1 aromatic carbocycles. The lowest BCUT2D eigenvalue weighted by atomic mass is 9.63. The minimum atomic E-state index is -0.420. The van der Waals surface area contributed by atoms with E-state index in [9.17, 15) is 9.90 Å². The molecule has 4 nitrogen and oxygen atoms in total. The monoisotopic (exact) mass is 323 g/mol. The van der Waals surface area contributed by atoms with Gasteiger partial charge in [-0.2, -0.15) is 0 Å². The Labute approximate surface area is 136 Å². The molecule has 2 fully saturated rings. The standard InChI is InChI=1S/C17H22ClNO3/c1-12-11-22-15(10-20)9-19(12)16(21)17(7-2-8-17)13-3-5-14(18)6-4-13/h3-6,12,15,20H,2,7-11H2,1H3. The van der Waals surface area contributed by atoms with Crippen molar-refractivity contribution in [2.45, 2.75) is 43.7 Å². The normalized spacial score (nSPS) is 27.3. The number of ether oxygens (including phenoxy) is 1. The molecular weight excluding hydrogens is 302 g/mol. The van der Waals surface area contributed by atoms with Crippen LogP contribution in [0.25, 0.3) is 0 Å². The van der Waals surface area contributed by atoms with Crippen molar-refractivity contribution in [3.63, 3.8) is 0 Å². The van der Waals surface area contributed by atoms with Gasteiger partial charge in [0.1, 0.15) is 0 Å². The van der Waals surface area contributed by atoms with E-state index in [1.54, 1.807) is 0 Å². The number of nitrogens with zero attached hydrogens (tertiary/aromatic N) is 1. The third-order valence-corrected chi connectivity index (χ3v) is 5.24. The SMILES string of the molecule is CC1COC(CO)CN1C(=O)C1(c2ccc(Cl)cc2)CCC1. The van der Waals surface area contributed by atoms with Gasteiger partial charge >= 0.3 is 0 Å². The van der Waals surface area contributed by atoms with E-state index in [4.69, 9.17) is 16.3 Å². The first-order valence-corrected chi connectivity index (χ1v) is 8.24. The molecule has 1 N–H and O–H groups in total. The zero-order valence-electron chi connectivity index (χ0n) is 12.8. The third-order valence-electron chi connectivity index (χ3n) is 4.98. The highest BCUT2D eigenvalue weighted by molar-refractivity contribution is 6.30. The Kier molecular flexibility index (Phi) is 4.44. The number of morpholine rings is 1. The molecule has 1 aliphatic carbocycles. The maximum atomic E-state index is 13.2. The molecule has 0 radical (unpaired) electrons. The fourth-order valence-electron chi connectivity index (χ4n) is 3.41. The Bertz CT molecular complexity index is 541. The number of aliphatic hydroxyl groups excluding tert-OH is 1. The molecule has 1 saturated heterocycles. The number of hydrogen-bond acceptors (Lipinski definition) is 3. The molecule has 0 aromatic heterocycles. The van der Waals surface area contributed by atoms with Crippen LogP contribution in [0.4, 0.5) is 0 Å². The van der Waals surface area contributed by atoms with E-state index in [-0.39, 0.29) is 24.7 Å². The molecule has 1 aliphatic heterocycles. The first-order chi connectivity index (χ1) is 10.6. The van der Waals surface area contributed by atoms with Crippen LogP contribution in [-0.4, -0.2) is 47.8 Å². The van der Waals surface area contributed by atoms with Crippen LogP contribution in [0.5, 0.6) is 0 Å². The molecule has 1 heterocycles. The lowest BCUT2D eigenvalue weighted by Gasteiger charge is -2.47. The van der Waals surface area contributed by atoms with Crippen LogP contribution in [0.3, 0.4) is 0 Å². The number of amides is 1. The first kappa shape index (κ1) is 15.8. The molecule has 2 atom stereocenters. The summed E-state index contributed by atoms with van der Waals surface area (Å²) in [6, 6.07) is 7.68. The van der Waals surface area contributed by atoms with Crippen molar-refractivity contribution in [2.24, 2.45) is 0 Å². The number of rotatable bonds is 3. The zero-order valence-corrected chi connectivity index (χ0v) is 13.6. The average molecular weight is 324 g/mol. The predicted molar refractivity (Wildman–Crippen MR) is 85.0 cm³/mol. The third kappa shape index (κ3) is 2.64. The minimum Gasteiger partial charge on any atom is -0.394 e. The predicted octanol–water partition coefficient (Wildman–Crippen LogP) is 2.37. The van der Waals surface area contributed by atoms with Gasteiger partial charge in [-0.3, -0.25) is 4.79 Å².